The average Bonchev–Trinajstić information content (AvgIpc) is 2.48. The zero-order valence-corrected chi connectivity index (χ0v) is 17.3. The SMILES string of the molecule is C[Si](C)(c1ccccc1)[Si](C)(C)[Si](C)(C)c1ccccc1. The Morgan fingerprint density at radius 2 is 0.762 bits per heavy atom. The molecule has 0 atom stereocenters. The van der Waals surface area contributed by atoms with Gasteiger partial charge in [0.15, 0.2) is 0 Å². The highest BCUT2D eigenvalue weighted by Gasteiger charge is 2.53. The van der Waals surface area contributed by atoms with E-state index in [9.17, 15) is 0 Å². The van der Waals surface area contributed by atoms with Crippen molar-refractivity contribution >= 4 is 32.7 Å². The van der Waals surface area contributed by atoms with Gasteiger partial charge in [-0.2, -0.15) is 0 Å². The van der Waals surface area contributed by atoms with E-state index in [0.29, 0.717) is 0 Å². The van der Waals surface area contributed by atoms with Gasteiger partial charge < -0.3 is 0 Å². The van der Waals surface area contributed by atoms with E-state index in [1.807, 2.05) is 0 Å². The first-order valence-electron chi connectivity index (χ1n) is 7.82. The lowest BCUT2D eigenvalue weighted by Crippen LogP contribution is -2.78. The molecule has 2 aromatic carbocycles. The van der Waals surface area contributed by atoms with Crippen molar-refractivity contribution in [3.05, 3.63) is 60.7 Å². The van der Waals surface area contributed by atoms with E-state index in [-0.39, 0.29) is 0 Å². The Labute approximate surface area is 132 Å². The average molecular weight is 329 g/mol. The zero-order valence-electron chi connectivity index (χ0n) is 14.3. The van der Waals surface area contributed by atoms with Gasteiger partial charge in [-0.1, -0.05) is 110 Å². The van der Waals surface area contributed by atoms with Gasteiger partial charge >= 0.3 is 0 Å². The van der Waals surface area contributed by atoms with Crippen molar-refractivity contribution in [2.75, 3.05) is 0 Å². The predicted molar refractivity (Wildman–Crippen MR) is 105 cm³/mol. The lowest BCUT2D eigenvalue weighted by atomic mass is 10.4. The van der Waals surface area contributed by atoms with Gasteiger partial charge in [-0.25, -0.2) is 0 Å². The maximum absolute atomic E-state index is 2.66. The fraction of sp³-hybridized carbons (Fsp3) is 0.333. The Bertz CT molecular complexity index is 533. The molecule has 0 heterocycles. The summed E-state index contributed by atoms with van der Waals surface area (Å²) in [5.74, 6) is 0. The van der Waals surface area contributed by atoms with Crippen molar-refractivity contribution in [1.29, 1.82) is 0 Å². The topological polar surface area (TPSA) is 0 Å². The van der Waals surface area contributed by atoms with Crippen molar-refractivity contribution < 1.29 is 0 Å². The Hall–Kier alpha value is -0.909. The second-order valence-electron chi connectivity index (χ2n) is 7.61. The smallest absolute Gasteiger partial charge is 0.0717 e. The molecule has 0 aromatic heterocycles. The first-order valence-corrected chi connectivity index (χ1v) is 18.8. The van der Waals surface area contributed by atoms with Crippen molar-refractivity contribution in [1.82, 2.24) is 0 Å². The third kappa shape index (κ3) is 2.74. The molecule has 2 rings (SSSR count). The fourth-order valence-corrected chi connectivity index (χ4v) is 34.9. The molecule has 0 spiro atoms. The third-order valence-electron chi connectivity index (χ3n) is 6.12. The van der Waals surface area contributed by atoms with Gasteiger partial charge in [0.2, 0.25) is 0 Å². The monoisotopic (exact) mass is 328 g/mol. The predicted octanol–water partition coefficient (Wildman–Crippen LogP) is 4.08. The van der Waals surface area contributed by atoms with Gasteiger partial charge in [0.1, 0.15) is 0 Å². The minimum atomic E-state index is -1.42. The quantitative estimate of drug-likeness (QED) is 0.742. The number of hydrogen-bond acceptors (Lipinski definition) is 0. The zero-order chi connectivity index (χ0) is 15.7. The number of rotatable bonds is 4. The molecule has 0 aliphatic carbocycles. The van der Waals surface area contributed by atoms with E-state index in [4.69, 9.17) is 0 Å². The van der Waals surface area contributed by atoms with Gasteiger partial charge in [0, 0.05) is 7.11 Å². The van der Waals surface area contributed by atoms with Gasteiger partial charge in [-0.3, -0.25) is 0 Å². The Morgan fingerprint density at radius 1 is 0.476 bits per heavy atom. The summed E-state index contributed by atoms with van der Waals surface area (Å²) < 4.78 is 0. The summed E-state index contributed by atoms with van der Waals surface area (Å²) in [6, 6.07) is 22.6. The van der Waals surface area contributed by atoms with Crippen molar-refractivity contribution in [3.8, 4) is 0 Å². The molecule has 0 N–H and O–H groups in total. The van der Waals surface area contributed by atoms with E-state index >= 15 is 0 Å². The van der Waals surface area contributed by atoms with E-state index in [1.165, 1.54) is 0 Å². The molecule has 0 amide bonds. The minimum Gasteiger partial charge on any atom is -0.0725 e. The molecule has 0 saturated heterocycles. The van der Waals surface area contributed by atoms with Crippen LogP contribution in [0.25, 0.3) is 0 Å². The van der Waals surface area contributed by atoms with E-state index in [0.717, 1.165) is 0 Å². The number of benzene rings is 2. The molecule has 21 heavy (non-hydrogen) atoms. The molecular weight excluding hydrogens is 300 g/mol. The van der Waals surface area contributed by atoms with Crippen LogP contribution >= 0.6 is 0 Å². The normalized spacial score (nSPS) is 13.2. The highest BCUT2D eigenvalue weighted by atomic mass is 29.6. The molecule has 0 unspecified atom stereocenters. The summed E-state index contributed by atoms with van der Waals surface area (Å²) in [6.07, 6.45) is 0. The van der Waals surface area contributed by atoms with Crippen molar-refractivity contribution in [3.63, 3.8) is 0 Å². The van der Waals surface area contributed by atoms with Gasteiger partial charge in [-0.05, 0) is 0 Å². The van der Waals surface area contributed by atoms with Crippen LogP contribution in [0.15, 0.2) is 60.7 Å². The summed E-state index contributed by atoms with van der Waals surface area (Å²) in [5, 5.41) is 3.27. The largest absolute Gasteiger partial charge is 0.0725 e. The third-order valence-corrected chi connectivity index (χ3v) is 47.7. The lowest BCUT2D eigenvalue weighted by Gasteiger charge is -2.49. The lowest BCUT2D eigenvalue weighted by molar-refractivity contribution is 1.68. The van der Waals surface area contributed by atoms with E-state index in [2.05, 4.69) is 99.9 Å². The highest BCUT2D eigenvalue weighted by molar-refractivity contribution is 7.73. The second kappa shape index (κ2) is 5.71. The highest BCUT2D eigenvalue weighted by Crippen LogP contribution is 2.28. The maximum atomic E-state index is 2.66. The van der Waals surface area contributed by atoms with E-state index in [1.54, 1.807) is 10.4 Å². The summed E-state index contributed by atoms with van der Waals surface area (Å²) in [6.45, 7) is 15.7. The molecule has 0 aliphatic heterocycles. The van der Waals surface area contributed by atoms with Crippen LogP contribution in [0, 0.1) is 0 Å². The Kier molecular flexibility index (Phi) is 4.47. The Balaban J connectivity index is 2.50. The van der Waals surface area contributed by atoms with Crippen LogP contribution in [-0.2, 0) is 0 Å². The second-order valence-corrected chi connectivity index (χ2v) is 35.0. The fourth-order valence-electron chi connectivity index (χ4n) is 3.21. The van der Waals surface area contributed by atoms with Crippen LogP contribution in [0.4, 0.5) is 0 Å². The van der Waals surface area contributed by atoms with Crippen LogP contribution in [0.1, 0.15) is 0 Å². The minimum absolute atomic E-state index is 1.36. The molecule has 3 heteroatoms. The maximum Gasteiger partial charge on any atom is 0.0717 e. The van der Waals surface area contributed by atoms with Crippen LogP contribution in [0.2, 0.25) is 39.3 Å². The van der Waals surface area contributed by atoms with Crippen LogP contribution in [-0.4, -0.2) is 22.3 Å². The molecule has 0 fully saturated rings. The van der Waals surface area contributed by atoms with Gasteiger partial charge in [0.25, 0.3) is 0 Å². The molecule has 0 aliphatic rings. The number of hydrogen-bond donors (Lipinski definition) is 0. The van der Waals surface area contributed by atoms with Crippen molar-refractivity contribution in [2.45, 2.75) is 39.3 Å². The van der Waals surface area contributed by atoms with Crippen LogP contribution in [0.3, 0.4) is 0 Å². The molecule has 112 valence electrons. The Morgan fingerprint density at radius 3 is 1.05 bits per heavy atom. The summed E-state index contributed by atoms with van der Waals surface area (Å²) in [7, 11) is -4.21. The summed E-state index contributed by atoms with van der Waals surface area (Å²) in [4.78, 5) is 0. The van der Waals surface area contributed by atoms with Crippen LogP contribution < -0.4 is 10.4 Å². The molecule has 0 nitrogen and oxygen atoms in total. The first kappa shape index (κ1) is 16.5. The summed E-state index contributed by atoms with van der Waals surface area (Å²) >= 11 is 0. The van der Waals surface area contributed by atoms with Gasteiger partial charge in [0.05, 0.1) is 15.2 Å². The van der Waals surface area contributed by atoms with Crippen LogP contribution in [0.5, 0.6) is 0 Å². The first-order chi connectivity index (χ1) is 9.71. The molecular formula is C18H28Si3. The molecule has 2 aromatic rings. The van der Waals surface area contributed by atoms with E-state index < -0.39 is 22.3 Å². The standard InChI is InChI=1S/C18H28Si3/c1-19(2,17-13-9-7-10-14-17)21(5,6)20(3,4)18-15-11-8-12-16-18/h7-16H,1-6H3. The molecule has 0 bridgehead atoms. The van der Waals surface area contributed by atoms with Crippen molar-refractivity contribution in [2.24, 2.45) is 0 Å². The molecule has 0 saturated carbocycles. The van der Waals surface area contributed by atoms with Gasteiger partial charge in [-0.15, -0.1) is 0 Å². The summed E-state index contributed by atoms with van der Waals surface area (Å²) in [5.41, 5.74) is 0. The molecule has 0 radical (unpaired) electrons.